The van der Waals surface area contributed by atoms with Gasteiger partial charge in [-0.1, -0.05) is 18.2 Å². The van der Waals surface area contributed by atoms with Crippen LogP contribution >= 0.6 is 0 Å². The summed E-state index contributed by atoms with van der Waals surface area (Å²) in [5.74, 6) is -0.217. The number of pyridine rings is 1. The Hall–Kier alpha value is -3.13. The van der Waals surface area contributed by atoms with Crippen LogP contribution in [-0.4, -0.2) is 15.9 Å². The van der Waals surface area contributed by atoms with Crippen LogP contribution in [0.4, 0.5) is 5.69 Å². The van der Waals surface area contributed by atoms with Crippen molar-refractivity contribution in [2.75, 3.05) is 0 Å². The predicted octanol–water partition coefficient (Wildman–Crippen LogP) is 3.29. The minimum atomic E-state index is -0.531. The van der Waals surface area contributed by atoms with Gasteiger partial charge in [0.2, 0.25) is 5.88 Å². The molecule has 0 saturated heterocycles. The first-order valence-electron chi connectivity index (χ1n) is 7.49. The first-order chi connectivity index (χ1) is 11.4. The maximum absolute atomic E-state index is 12.2. The van der Waals surface area contributed by atoms with Crippen LogP contribution < -0.4 is 5.56 Å². The lowest BCUT2D eigenvalue weighted by molar-refractivity contribution is 0.414. The third kappa shape index (κ3) is 3.13. The highest BCUT2D eigenvalue weighted by molar-refractivity contribution is 5.87. The Morgan fingerprint density at radius 2 is 2.08 bits per heavy atom. The van der Waals surface area contributed by atoms with Crippen molar-refractivity contribution in [1.82, 2.24) is 4.57 Å². The van der Waals surface area contributed by atoms with Crippen LogP contribution in [0.5, 0.6) is 5.88 Å². The van der Waals surface area contributed by atoms with Crippen LogP contribution in [0.1, 0.15) is 27.8 Å². The Labute approximate surface area is 140 Å². The smallest absolute Gasteiger partial charge is 0.271 e. The van der Waals surface area contributed by atoms with E-state index < -0.39 is 5.56 Å². The minimum absolute atomic E-state index is 0.00272. The molecule has 0 atom stereocenters. The van der Waals surface area contributed by atoms with Crippen LogP contribution in [0, 0.1) is 32.1 Å². The SMILES string of the molecule is C=CCn1c(O)c(C=Nc2cc(C)ccc2C)c(C)c(C#N)c1=O. The first kappa shape index (κ1) is 17.2. The molecule has 1 aromatic heterocycles. The molecule has 0 unspecified atom stereocenters. The van der Waals surface area contributed by atoms with E-state index in [1.165, 1.54) is 12.3 Å². The molecule has 0 saturated carbocycles. The summed E-state index contributed by atoms with van der Waals surface area (Å²) in [6.45, 7) is 9.23. The fraction of sp³-hybridized carbons (Fsp3) is 0.211. The molecular formula is C19H19N3O2. The van der Waals surface area contributed by atoms with E-state index in [1.807, 2.05) is 38.1 Å². The summed E-state index contributed by atoms with van der Waals surface area (Å²) in [5.41, 5.74) is 3.07. The second kappa shape index (κ2) is 6.97. The molecule has 0 aliphatic heterocycles. The summed E-state index contributed by atoms with van der Waals surface area (Å²) in [6.07, 6.45) is 2.98. The molecule has 122 valence electrons. The van der Waals surface area contributed by atoms with E-state index in [2.05, 4.69) is 11.6 Å². The van der Waals surface area contributed by atoms with Crippen LogP contribution in [0.15, 0.2) is 40.6 Å². The van der Waals surface area contributed by atoms with Gasteiger partial charge in [0.05, 0.1) is 11.3 Å². The van der Waals surface area contributed by atoms with Gasteiger partial charge in [-0.05, 0) is 43.5 Å². The van der Waals surface area contributed by atoms with Crippen LogP contribution in [-0.2, 0) is 6.54 Å². The lowest BCUT2D eigenvalue weighted by Gasteiger charge is -2.12. The van der Waals surface area contributed by atoms with Crippen molar-refractivity contribution in [1.29, 1.82) is 5.26 Å². The van der Waals surface area contributed by atoms with Crippen molar-refractivity contribution in [2.24, 2.45) is 4.99 Å². The van der Waals surface area contributed by atoms with Crippen molar-refractivity contribution in [3.8, 4) is 11.9 Å². The van der Waals surface area contributed by atoms with E-state index in [0.29, 0.717) is 11.1 Å². The molecule has 0 spiro atoms. The molecule has 24 heavy (non-hydrogen) atoms. The summed E-state index contributed by atoms with van der Waals surface area (Å²) < 4.78 is 1.11. The van der Waals surface area contributed by atoms with Gasteiger partial charge in [0.15, 0.2) is 0 Å². The second-order valence-corrected chi connectivity index (χ2v) is 5.60. The van der Waals surface area contributed by atoms with Crippen molar-refractivity contribution in [3.05, 3.63) is 69.0 Å². The number of aliphatic imine (C=N–C) groups is 1. The average molecular weight is 321 g/mol. The highest BCUT2D eigenvalue weighted by Crippen LogP contribution is 2.23. The third-order valence-corrected chi connectivity index (χ3v) is 3.86. The van der Waals surface area contributed by atoms with Gasteiger partial charge in [0.1, 0.15) is 11.6 Å². The number of allylic oxidation sites excluding steroid dienone is 1. The summed E-state index contributed by atoms with van der Waals surface area (Å²) in [6, 6.07) is 7.80. The number of aromatic hydroxyl groups is 1. The van der Waals surface area contributed by atoms with E-state index >= 15 is 0 Å². The molecule has 2 aromatic rings. The van der Waals surface area contributed by atoms with Gasteiger partial charge in [-0.2, -0.15) is 5.26 Å². The average Bonchev–Trinajstić information content (AvgIpc) is 2.55. The lowest BCUT2D eigenvalue weighted by Crippen LogP contribution is -2.24. The number of hydrogen-bond acceptors (Lipinski definition) is 4. The third-order valence-electron chi connectivity index (χ3n) is 3.86. The summed E-state index contributed by atoms with van der Waals surface area (Å²) in [7, 11) is 0. The number of hydrogen-bond donors (Lipinski definition) is 1. The number of benzene rings is 1. The van der Waals surface area contributed by atoms with Gasteiger partial charge in [-0.15, -0.1) is 6.58 Å². The molecule has 0 amide bonds. The van der Waals surface area contributed by atoms with Crippen molar-refractivity contribution < 1.29 is 5.11 Å². The van der Waals surface area contributed by atoms with E-state index in [-0.39, 0.29) is 18.0 Å². The standard InChI is InChI=1S/C19H19N3O2/c1-5-8-22-18(23)15(10-20)14(4)16(19(22)24)11-21-17-9-12(2)6-7-13(17)3/h5-7,9,11,24H,1,8H2,2-4H3. The topological polar surface area (TPSA) is 78.4 Å². The fourth-order valence-corrected chi connectivity index (χ4v) is 2.42. The van der Waals surface area contributed by atoms with Crippen LogP contribution in [0.3, 0.4) is 0 Å². The molecule has 2 rings (SSSR count). The Morgan fingerprint density at radius 3 is 2.71 bits per heavy atom. The molecule has 0 bridgehead atoms. The van der Waals surface area contributed by atoms with E-state index in [9.17, 15) is 15.2 Å². The quantitative estimate of drug-likeness (QED) is 0.693. The first-order valence-corrected chi connectivity index (χ1v) is 7.49. The summed E-state index contributed by atoms with van der Waals surface area (Å²) in [4.78, 5) is 16.7. The van der Waals surface area contributed by atoms with Crippen LogP contribution in [0.25, 0.3) is 0 Å². The molecule has 1 heterocycles. The minimum Gasteiger partial charge on any atom is -0.494 e. The van der Waals surface area contributed by atoms with Gasteiger partial charge < -0.3 is 5.11 Å². The largest absolute Gasteiger partial charge is 0.494 e. The zero-order valence-corrected chi connectivity index (χ0v) is 14.0. The summed E-state index contributed by atoms with van der Waals surface area (Å²) in [5, 5.41) is 19.7. The molecule has 1 N–H and O–H groups in total. The van der Waals surface area contributed by atoms with Gasteiger partial charge >= 0.3 is 0 Å². The van der Waals surface area contributed by atoms with E-state index in [0.717, 1.165) is 21.4 Å². The Morgan fingerprint density at radius 1 is 1.38 bits per heavy atom. The highest BCUT2D eigenvalue weighted by atomic mass is 16.3. The molecule has 1 aromatic carbocycles. The molecular weight excluding hydrogens is 302 g/mol. The van der Waals surface area contributed by atoms with Gasteiger partial charge in [-0.3, -0.25) is 14.4 Å². The maximum Gasteiger partial charge on any atom is 0.271 e. The van der Waals surface area contributed by atoms with Crippen molar-refractivity contribution in [3.63, 3.8) is 0 Å². The molecule has 0 radical (unpaired) electrons. The van der Waals surface area contributed by atoms with Gasteiger partial charge in [0, 0.05) is 12.8 Å². The number of aromatic nitrogens is 1. The number of aryl methyl sites for hydroxylation is 2. The van der Waals surface area contributed by atoms with Gasteiger partial charge in [0.25, 0.3) is 5.56 Å². The van der Waals surface area contributed by atoms with Crippen molar-refractivity contribution in [2.45, 2.75) is 27.3 Å². The fourth-order valence-electron chi connectivity index (χ4n) is 2.42. The second-order valence-electron chi connectivity index (χ2n) is 5.60. The van der Waals surface area contributed by atoms with Crippen molar-refractivity contribution >= 4 is 11.9 Å². The normalized spacial score (nSPS) is 10.8. The molecule has 5 nitrogen and oxygen atoms in total. The molecule has 0 fully saturated rings. The van der Waals surface area contributed by atoms with Gasteiger partial charge in [-0.25, -0.2) is 0 Å². The zero-order chi connectivity index (χ0) is 17.9. The predicted molar refractivity (Wildman–Crippen MR) is 95.2 cm³/mol. The molecule has 0 aliphatic carbocycles. The number of nitrogens with zero attached hydrogens (tertiary/aromatic N) is 3. The zero-order valence-electron chi connectivity index (χ0n) is 14.0. The Bertz CT molecular complexity index is 931. The monoisotopic (exact) mass is 321 g/mol. The molecule has 5 heteroatoms. The Kier molecular flexibility index (Phi) is 5.00. The number of nitriles is 1. The van der Waals surface area contributed by atoms with E-state index in [1.54, 1.807) is 6.92 Å². The maximum atomic E-state index is 12.2. The molecule has 0 aliphatic rings. The number of rotatable bonds is 4. The van der Waals surface area contributed by atoms with E-state index in [4.69, 9.17) is 0 Å². The highest BCUT2D eigenvalue weighted by Gasteiger charge is 2.17. The lowest BCUT2D eigenvalue weighted by atomic mass is 10.1. The van der Waals surface area contributed by atoms with Crippen LogP contribution in [0.2, 0.25) is 0 Å². The Balaban J connectivity index is 2.66. The summed E-state index contributed by atoms with van der Waals surface area (Å²) >= 11 is 0.